The molecule has 3 aromatic carbocycles. The predicted octanol–water partition coefficient (Wildman–Crippen LogP) is 6.52. The summed E-state index contributed by atoms with van der Waals surface area (Å²) in [5, 5.41) is 12.3. The number of hydrogen-bond donors (Lipinski definition) is 2. The Hall–Kier alpha value is -3.91. The number of rotatable bonds is 9. The van der Waals surface area contributed by atoms with Crippen molar-refractivity contribution in [2.24, 2.45) is 0 Å². The standard InChI is InChI=1S/C28H24ClF2N3O3/c1-16(19-12-21(30)15-22(31)13-19)32-28(37)18-8-11-23-25(14-18)33-24(4-2-3-5-26(35)36)27(34-23)17-6-9-20(29)10-7-17/h6-16H,2-5H2,1H3,(H,32,37)(H,35,36)/t16-/m0/s1. The molecule has 1 amide bonds. The zero-order chi connectivity index (χ0) is 26.5. The van der Waals surface area contributed by atoms with E-state index < -0.39 is 29.6 Å². The highest BCUT2D eigenvalue weighted by Crippen LogP contribution is 2.27. The van der Waals surface area contributed by atoms with E-state index in [1.807, 2.05) is 12.1 Å². The number of benzene rings is 3. The maximum Gasteiger partial charge on any atom is 0.303 e. The van der Waals surface area contributed by atoms with Crippen LogP contribution in [0.3, 0.4) is 0 Å². The molecular weight excluding hydrogens is 500 g/mol. The molecule has 0 aliphatic carbocycles. The van der Waals surface area contributed by atoms with Gasteiger partial charge in [-0.15, -0.1) is 0 Å². The molecule has 37 heavy (non-hydrogen) atoms. The van der Waals surface area contributed by atoms with Crippen LogP contribution in [0, 0.1) is 11.6 Å². The van der Waals surface area contributed by atoms with Gasteiger partial charge in [-0.05, 0) is 74.2 Å². The third-order valence-corrected chi connectivity index (χ3v) is 6.15. The summed E-state index contributed by atoms with van der Waals surface area (Å²) in [7, 11) is 0. The Morgan fingerprint density at radius 2 is 1.65 bits per heavy atom. The Bertz CT molecular complexity index is 1440. The molecular formula is C28H24ClF2N3O3. The van der Waals surface area contributed by atoms with Crippen LogP contribution >= 0.6 is 11.6 Å². The van der Waals surface area contributed by atoms with Crippen LogP contribution in [-0.2, 0) is 11.2 Å². The average molecular weight is 524 g/mol. The molecule has 4 aromatic rings. The normalized spacial score (nSPS) is 11.9. The van der Waals surface area contributed by atoms with Gasteiger partial charge in [-0.2, -0.15) is 0 Å². The summed E-state index contributed by atoms with van der Waals surface area (Å²) in [4.78, 5) is 33.4. The van der Waals surface area contributed by atoms with Gasteiger partial charge in [-0.25, -0.2) is 18.7 Å². The minimum absolute atomic E-state index is 0.0645. The molecule has 0 spiro atoms. The number of nitrogens with zero attached hydrogens (tertiary/aromatic N) is 2. The Labute approximate surface area is 217 Å². The minimum atomic E-state index is -0.853. The van der Waals surface area contributed by atoms with E-state index in [9.17, 15) is 18.4 Å². The predicted molar refractivity (Wildman–Crippen MR) is 137 cm³/mol. The second-order valence-electron chi connectivity index (χ2n) is 8.73. The number of halogens is 3. The molecule has 0 fully saturated rings. The van der Waals surface area contributed by atoms with E-state index in [1.54, 1.807) is 37.3 Å². The highest BCUT2D eigenvalue weighted by Gasteiger charge is 2.16. The number of aliphatic carboxylic acids is 1. The second kappa shape index (κ2) is 11.4. The molecule has 0 saturated heterocycles. The van der Waals surface area contributed by atoms with Gasteiger partial charge in [-0.1, -0.05) is 23.7 Å². The van der Waals surface area contributed by atoms with Crippen molar-refractivity contribution in [1.82, 2.24) is 15.3 Å². The highest BCUT2D eigenvalue weighted by molar-refractivity contribution is 6.30. The fourth-order valence-corrected chi connectivity index (χ4v) is 4.13. The molecule has 2 N–H and O–H groups in total. The number of carbonyl (C=O) groups is 2. The van der Waals surface area contributed by atoms with Crippen LogP contribution in [0.5, 0.6) is 0 Å². The van der Waals surface area contributed by atoms with Crippen molar-refractivity contribution in [3.05, 3.63) is 94.1 Å². The maximum atomic E-state index is 13.6. The average Bonchev–Trinajstić information content (AvgIpc) is 2.85. The number of amides is 1. The molecule has 0 aliphatic rings. The van der Waals surface area contributed by atoms with Crippen molar-refractivity contribution in [3.8, 4) is 11.3 Å². The number of unbranched alkanes of at least 4 members (excludes halogenated alkanes) is 1. The lowest BCUT2D eigenvalue weighted by atomic mass is 10.0. The number of fused-ring (bicyclic) bond motifs is 1. The SMILES string of the molecule is C[C@H](NC(=O)c1ccc2nc(-c3ccc(Cl)cc3)c(CCCCC(=O)O)nc2c1)c1cc(F)cc(F)c1. The fraction of sp³-hybridized carbons (Fsp3) is 0.214. The van der Waals surface area contributed by atoms with Crippen LogP contribution < -0.4 is 5.32 Å². The van der Waals surface area contributed by atoms with Crippen LogP contribution in [0.15, 0.2) is 60.7 Å². The summed E-state index contributed by atoms with van der Waals surface area (Å²) in [6, 6.07) is 14.6. The van der Waals surface area contributed by atoms with Crippen LogP contribution in [-0.4, -0.2) is 27.0 Å². The number of carboxylic acid groups (broad SMARTS) is 1. The second-order valence-corrected chi connectivity index (χ2v) is 9.16. The molecule has 4 rings (SSSR count). The molecule has 0 saturated carbocycles. The number of aryl methyl sites for hydroxylation is 1. The summed E-state index contributed by atoms with van der Waals surface area (Å²) in [5.74, 6) is -2.71. The quantitative estimate of drug-likeness (QED) is 0.244. The molecule has 0 unspecified atom stereocenters. The van der Waals surface area contributed by atoms with Crippen molar-refractivity contribution < 1.29 is 23.5 Å². The fourth-order valence-electron chi connectivity index (χ4n) is 4.00. The van der Waals surface area contributed by atoms with E-state index in [4.69, 9.17) is 26.7 Å². The topological polar surface area (TPSA) is 92.2 Å². The van der Waals surface area contributed by atoms with E-state index in [2.05, 4.69) is 5.32 Å². The third kappa shape index (κ3) is 6.65. The first-order chi connectivity index (χ1) is 17.7. The molecule has 1 aromatic heterocycles. The monoisotopic (exact) mass is 523 g/mol. The van der Waals surface area contributed by atoms with Crippen molar-refractivity contribution in [1.29, 1.82) is 0 Å². The van der Waals surface area contributed by atoms with Crippen molar-refractivity contribution >= 4 is 34.5 Å². The van der Waals surface area contributed by atoms with Crippen LogP contribution in [0.2, 0.25) is 5.02 Å². The summed E-state index contributed by atoms with van der Waals surface area (Å²) in [5.41, 5.74) is 3.88. The lowest BCUT2D eigenvalue weighted by Crippen LogP contribution is -2.26. The molecule has 1 atom stereocenters. The van der Waals surface area contributed by atoms with Gasteiger partial charge in [0.05, 0.1) is 28.5 Å². The Morgan fingerprint density at radius 1 is 0.946 bits per heavy atom. The summed E-state index contributed by atoms with van der Waals surface area (Å²) in [6.45, 7) is 1.64. The molecule has 0 radical (unpaired) electrons. The van der Waals surface area contributed by atoms with Crippen molar-refractivity contribution in [2.45, 2.75) is 38.6 Å². The van der Waals surface area contributed by atoms with Gasteiger partial charge >= 0.3 is 5.97 Å². The highest BCUT2D eigenvalue weighted by atomic mass is 35.5. The molecule has 9 heteroatoms. The first kappa shape index (κ1) is 26.2. The van der Waals surface area contributed by atoms with Crippen LogP contribution in [0.4, 0.5) is 8.78 Å². The van der Waals surface area contributed by atoms with Gasteiger partial charge in [0.2, 0.25) is 0 Å². The summed E-state index contributed by atoms with van der Waals surface area (Å²) < 4.78 is 27.2. The third-order valence-electron chi connectivity index (χ3n) is 5.90. The van der Waals surface area contributed by atoms with Gasteiger partial charge < -0.3 is 10.4 Å². The number of carboxylic acids is 1. The van der Waals surface area contributed by atoms with Crippen LogP contribution in [0.1, 0.15) is 53.8 Å². The first-order valence-corrected chi connectivity index (χ1v) is 12.1. The molecule has 1 heterocycles. The van der Waals surface area contributed by atoms with Gasteiger partial charge in [0.15, 0.2) is 0 Å². The van der Waals surface area contributed by atoms with Crippen molar-refractivity contribution in [3.63, 3.8) is 0 Å². The molecule has 0 aliphatic heterocycles. The first-order valence-electron chi connectivity index (χ1n) is 11.7. The minimum Gasteiger partial charge on any atom is -0.481 e. The lowest BCUT2D eigenvalue weighted by molar-refractivity contribution is -0.137. The smallest absolute Gasteiger partial charge is 0.303 e. The van der Waals surface area contributed by atoms with Gasteiger partial charge in [-0.3, -0.25) is 9.59 Å². The largest absolute Gasteiger partial charge is 0.481 e. The Balaban J connectivity index is 1.63. The Morgan fingerprint density at radius 3 is 2.32 bits per heavy atom. The zero-order valence-corrected chi connectivity index (χ0v) is 20.7. The molecule has 6 nitrogen and oxygen atoms in total. The van der Waals surface area contributed by atoms with E-state index >= 15 is 0 Å². The number of aromatic nitrogens is 2. The van der Waals surface area contributed by atoms with Crippen molar-refractivity contribution in [2.75, 3.05) is 0 Å². The molecule has 0 bridgehead atoms. The van der Waals surface area contributed by atoms with Gasteiger partial charge in [0.25, 0.3) is 5.91 Å². The number of carbonyl (C=O) groups excluding carboxylic acids is 1. The van der Waals surface area contributed by atoms with E-state index in [0.29, 0.717) is 57.8 Å². The molecule has 190 valence electrons. The number of nitrogens with one attached hydrogen (secondary N) is 1. The Kier molecular flexibility index (Phi) is 8.08. The summed E-state index contributed by atoms with van der Waals surface area (Å²) >= 11 is 6.04. The van der Waals surface area contributed by atoms with Gasteiger partial charge in [0, 0.05) is 28.6 Å². The lowest BCUT2D eigenvalue weighted by Gasteiger charge is -2.15. The van der Waals surface area contributed by atoms with E-state index in [0.717, 1.165) is 11.6 Å². The number of hydrogen-bond acceptors (Lipinski definition) is 4. The van der Waals surface area contributed by atoms with E-state index in [1.165, 1.54) is 12.1 Å². The maximum absolute atomic E-state index is 13.6. The summed E-state index contributed by atoms with van der Waals surface area (Å²) in [6.07, 6.45) is 1.67. The van der Waals surface area contributed by atoms with Crippen LogP contribution in [0.25, 0.3) is 22.3 Å². The van der Waals surface area contributed by atoms with E-state index in [-0.39, 0.29) is 6.42 Å². The zero-order valence-electron chi connectivity index (χ0n) is 20.0. The van der Waals surface area contributed by atoms with Gasteiger partial charge in [0.1, 0.15) is 11.6 Å².